The van der Waals surface area contributed by atoms with Crippen LogP contribution in [0.2, 0.25) is 5.02 Å². The van der Waals surface area contributed by atoms with Crippen LogP contribution in [0, 0.1) is 11.6 Å². The molecule has 1 fully saturated rings. The molecular weight excluding hydrogens is 510 g/mol. The molecule has 0 spiro atoms. The average Bonchev–Trinajstić information content (AvgIpc) is 2.88. The summed E-state index contributed by atoms with van der Waals surface area (Å²) < 4.78 is 67.1. The molecule has 3 aromatic carbocycles. The van der Waals surface area contributed by atoms with Crippen LogP contribution in [0.4, 0.5) is 8.78 Å². The van der Waals surface area contributed by atoms with E-state index >= 15 is 0 Å². The first-order valence-electron chi connectivity index (χ1n) is 11.4. The van der Waals surface area contributed by atoms with Gasteiger partial charge in [-0.05, 0) is 42.0 Å². The van der Waals surface area contributed by atoms with E-state index in [4.69, 9.17) is 21.1 Å². The molecule has 0 amide bonds. The van der Waals surface area contributed by atoms with Crippen molar-refractivity contribution in [3.63, 3.8) is 0 Å². The minimum Gasteiger partial charge on any atom is -0.497 e. The second kappa shape index (κ2) is 11.7. The number of methoxy groups -OCH3 is 1. The van der Waals surface area contributed by atoms with Gasteiger partial charge in [0.25, 0.3) is 0 Å². The van der Waals surface area contributed by atoms with Gasteiger partial charge in [-0.1, -0.05) is 35.9 Å². The van der Waals surface area contributed by atoms with E-state index in [1.54, 1.807) is 30.3 Å². The monoisotopic (exact) mass is 536 g/mol. The number of halogens is 3. The van der Waals surface area contributed by atoms with Crippen LogP contribution in [0.3, 0.4) is 0 Å². The molecule has 0 aliphatic carbocycles. The number of ether oxygens (including phenoxy) is 2. The van der Waals surface area contributed by atoms with Crippen molar-refractivity contribution in [1.82, 2.24) is 9.21 Å². The van der Waals surface area contributed by atoms with Gasteiger partial charge in [-0.15, -0.1) is 0 Å². The molecule has 0 N–H and O–H groups in total. The van der Waals surface area contributed by atoms with Gasteiger partial charge in [-0.2, -0.15) is 4.31 Å². The predicted octanol–water partition coefficient (Wildman–Crippen LogP) is 4.89. The van der Waals surface area contributed by atoms with Gasteiger partial charge in [-0.25, -0.2) is 17.2 Å². The van der Waals surface area contributed by atoms with E-state index in [0.717, 1.165) is 5.56 Å². The zero-order valence-corrected chi connectivity index (χ0v) is 21.3. The van der Waals surface area contributed by atoms with E-state index in [0.29, 0.717) is 43.5 Å². The van der Waals surface area contributed by atoms with Crippen molar-refractivity contribution in [2.75, 3.05) is 39.8 Å². The fraction of sp³-hybridized carbons (Fsp3) is 0.308. The molecule has 4 rings (SSSR count). The lowest BCUT2D eigenvalue weighted by atomic mass is 10.1. The van der Waals surface area contributed by atoms with Crippen LogP contribution in [0.15, 0.2) is 71.6 Å². The highest BCUT2D eigenvalue weighted by Crippen LogP contribution is 2.26. The van der Waals surface area contributed by atoms with Crippen molar-refractivity contribution in [2.24, 2.45) is 0 Å². The van der Waals surface area contributed by atoms with Crippen molar-refractivity contribution in [3.05, 3.63) is 94.5 Å². The summed E-state index contributed by atoms with van der Waals surface area (Å²) >= 11 is 6.03. The summed E-state index contributed by atoms with van der Waals surface area (Å²) in [4.78, 5) is 2.26. The molecule has 1 heterocycles. The lowest BCUT2D eigenvalue weighted by Crippen LogP contribution is -2.49. The maximum Gasteiger partial charge on any atom is 0.243 e. The van der Waals surface area contributed by atoms with Gasteiger partial charge in [0.1, 0.15) is 17.4 Å². The molecule has 1 atom stereocenters. The van der Waals surface area contributed by atoms with Crippen molar-refractivity contribution in [2.45, 2.75) is 17.6 Å². The second-order valence-corrected chi connectivity index (χ2v) is 10.8. The molecular formula is C26H27ClF2N2O4S. The Kier molecular flexibility index (Phi) is 8.58. The number of benzene rings is 3. The zero-order chi connectivity index (χ0) is 25.7. The van der Waals surface area contributed by atoms with Crippen molar-refractivity contribution < 1.29 is 26.7 Å². The maximum absolute atomic E-state index is 14.1. The minimum absolute atomic E-state index is 0.134. The first-order chi connectivity index (χ1) is 17.3. The van der Waals surface area contributed by atoms with Crippen LogP contribution in [-0.4, -0.2) is 57.5 Å². The Morgan fingerprint density at radius 1 is 0.944 bits per heavy atom. The third-order valence-corrected chi connectivity index (χ3v) is 8.31. The zero-order valence-electron chi connectivity index (χ0n) is 19.7. The quantitative estimate of drug-likeness (QED) is 0.390. The average molecular weight is 537 g/mol. The van der Waals surface area contributed by atoms with Crippen LogP contribution in [0.25, 0.3) is 0 Å². The molecule has 0 unspecified atom stereocenters. The summed E-state index contributed by atoms with van der Waals surface area (Å²) in [6.45, 7) is 1.74. The van der Waals surface area contributed by atoms with Crippen molar-refractivity contribution >= 4 is 21.6 Å². The van der Waals surface area contributed by atoms with Gasteiger partial charge < -0.3 is 9.47 Å². The Hall–Kier alpha value is -2.56. The van der Waals surface area contributed by atoms with Crippen LogP contribution in [0.1, 0.15) is 17.2 Å². The fourth-order valence-corrected chi connectivity index (χ4v) is 5.67. The summed E-state index contributed by atoms with van der Waals surface area (Å²) in [5, 5.41) is 0.564. The van der Waals surface area contributed by atoms with E-state index in [1.807, 2.05) is 12.1 Å². The highest BCUT2D eigenvalue weighted by molar-refractivity contribution is 7.89. The summed E-state index contributed by atoms with van der Waals surface area (Å²) in [5.74, 6) is -0.855. The molecule has 0 bridgehead atoms. The second-order valence-electron chi connectivity index (χ2n) is 8.44. The molecule has 36 heavy (non-hydrogen) atoms. The summed E-state index contributed by atoms with van der Waals surface area (Å²) in [5.41, 5.74) is 0.674. The highest BCUT2D eigenvalue weighted by Gasteiger charge is 2.30. The molecule has 1 saturated heterocycles. The van der Waals surface area contributed by atoms with Gasteiger partial charge in [-0.3, -0.25) is 4.90 Å². The first-order valence-corrected chi connectivity index (χ1v) is 13.3. The molecule has 10 heteroatoms. The predicted molar refractivity (Wildman–Crippen MR) is 134 cm³/mol. The van der Waals surface area contributed by atoms with E-state index in [-0.39, 0.29) is 17.1 Å². The van der Waals surface area contributed by atoms with Crippen LogP contribution in [-0.2, 0) is 21.4 Å². The van der Waals surface area contributed by atoms with Gasteiger partial charge in [0.15, 0.2) is 0 Å². The fourth-order valence-electron chi connectivity index (χ4n) is 4.08. The van der Waals surface area contributed by atoms with Crippen molar-refractivity contribution in [3.8, 4) is 5.75 Å². The third kappa shape index (κ3) is 6.22. The number of hydrogen-bond acceptors (Lipinski definition) is 5. The lowest BCUT2D eigenvalue weighted by molar-refractivity contribution is 0.00546. The van der Waals surface area contributed by atoms with Crippen LogP contribution < -0.4 is 4.74 Å². The minimum atomic E-state index is -3.66. The van der Waals surface area contributed by atoms with Gasteiger partial charge in [0.05, 0.1) is 24.7 Å². The van der Waals surface area contributed by atoms with Gasteiger partial charge >= 0.3 is 0 Å². The number of piperazine rings is 1. The number of hydrogen-bond donors (Lipinski definition) is 0. The molecule has 192 valence electrons. The molecule has 6 nitrogen and oxygen atoms in total. The Morgan fingerprint density at radius 2 is 1.58 bits per heavy atom. The van der Waals surface area contributed by atoms with Crippen molar-refractivity contribution in [1.29, 1.82) is 0 Å². The number of sulfonamides is 1. The Labute approximate surface area is 215 Å². The largest absolute Gasteiger partial charge is 0.497 e. The topological polar surface area (TPSA) is 59.1 Å². The number of rotatable bonds is 9. The molecule has 1 aliphatic heterocycles. The standard InChI is InChI=1S/C26H27ClF2N2O4S/c1-34-21-4-2-5-22(16-21)36(32,33)31-14-12-30(13-15-31)17-26(19-8-10-20(27)11-9-19)35-18-23-24(28)6-3-7-25(23)29/h2-11,16,26H,12-15,17-18H2,1H3/t26-/m0/s1. The maximum atomic E-state index is 14.1. The van der Waals surface area contributed by atoms with E-state index < -0.39 is 27.8 Å². The number of nitrogens with zero attached hydrogens (tertiary/aromatic N) is 2. The molecule has 0 radical (unpaired) electrons. The van der Waals surface area contributed by atoms with Gasteiger partial charge in [0.2, 0.25) is 10.0 Å². The highest BCUT2D eigenvalue weighted by atomic mass is 35.5. The third-order valence-electron chi connectivity index (χ3n) is 6.17. The van der Waals surface area contributed by atoms with Crippen LogP contribution >= 0.6 is 11.6 Å². The Morgan fingerprint density at radius 3 is 2.22 bits per heavy atom. The first kappa shape index (κ1) is 26.5. The molecule has 1 aliphatic rings. The lowest BCUT2D eigenvalue weighted by Gasteiger charge is -2.36. The summed E-state index contributed by atoms with van der Waals surface area (Å²) in [6, 6.07) is 17.2. The Bertz CT molecular complexity index is 1260. The van der Waals surface area contributed by atoms with E-state index in [9.17, 15) is 17.2 Å². The van der Waals surface area contributed by atoms with Gasteiger partial charge in [0, 0.05) is 49.4 Å². The van der Waals surface area contributed by atoms with E-state index in [2.05, 4.69) is 4.90 Å². The molecule has 0 saturated carbocycles. The Balaban J connectivity index is 1.44. The summed E-state index contributed by atoms with van der Waals surface area (Å²) in [6.07, 6.45) is -0.497. The van der Waals surface area contributed by atoms with Crippen LogP contribution in [0.5, 0.6) is 5.75 Å². The molecule has 0 aromatic heterocycles. The summed E-state index contributed by atoms with van der Waals surface area (Å²) in [7, 11) is -2.17. The SMILES string of the molecule is COc1cccc(S(=O)(=O)N2CCN(C[C@H](OCc3c(F)cccc3F)c3ccc(Cl)cc3)CC2)c1. The smallest absolute Gasteiger partial charge is 0.243 e. The van der Waals surface area contributed by atoms with E-state index in [1.165, 1.54) is 35.7 Å². The molecule has 3 aromatic rings. The normalized spacial score (nSPS) is 16.1.